The van der Waals surface area contributed by atoms with Crippen LogP contribution in [0.1, 0.15) is 30.0 Å². The molecule has 152 valence electrons. The minimum Gasteiger partial charge on any atom is -0.354 e. The zero-order chi connectivity index (χ0) is 20.9. The van der Waals surface area contributed by atoms with Crippen LogP contribution in [0, 0.1) is 13.8 Å². The van der Waals surface area contributed by atoms with Crippen molar-refractivity contribution in [1.82, 2.24) is 5.32 Å². The van der Waals surface area contributed by atoms with E-state index in [0.29, 0.717) is 17.3 Å². The standard InChI is InChI=1S/C21H27ClN2O3S/c1-15-12-16(2)14-20(13-15)24(28(4,26)27)17(3)21(25)23-11-5-6-18-7-9-19(22)10-8-18/h7-10,12-14,17H,5-6,11H2,1-4H3,(H,23,25)/t17-/m0/s1. The number of hydrogen-bond acceptors (Lipinski definition) is 3. The molecule has 0 saturated heterocycles. The first-order valence-corrected chi connectivity index (χ1v) is 11.4. The maximum Gasteiger partial charge on any atom is 0.243 e. The Hall–Kier alpha value is -2.05. The minimum absolute atomic E-state index is 0.319. The quantitative estimate of drug-likeness (QED) is 0.657. The van der Waals surface area contributed by atoms with Crippen molar-refractivity contribution in [2.75, 3.05) is 17.1 Å². The molecular weight excluding hydrogens is 396 g/mol. The molecule has 0 unspecified atom stereocenters. The van der Waals surface area contributed by atoms with Crippen LogP contribution in [-0.4, -0.2) is 33.2 Å². The topological polar surface area (TPSA) is 66.5 Å². The zero-order valence-corrected chi connectivity index (χ0v) is 18.3. The molecule has 5 nitrogen and oxygen atoms in total. The predicted molar refractivity (Wildman–Crippen MR) is 115 cm³/mol. The van der Waals surface area contributed by atoms with Gasteiger partial charge in [-0.25, -0.2) is 8.42 Å². The van der Waals surface area contributed by atoms with Crippen molar-refractivity contribution in [3.63, 3.8) is 0 Å². The second-order valence-electron chi connectivity index (χ2n) is 7.10. The molecule has 0 heterocycles. The van der Waals surface area contributed by atoms with Crippen LogP contribution in [0.15, 0.2) is 42.5 Å². The number of nitrogens with zero attached hydrogens (tertiary/aromatic N) is 1. The second kappa shape index (κ2) is 9.43. The Balaban J connectivity index is 2.02. The summed E-state index contributed by atoms with van der Waals surface area (Å²) < 4.78 is 25.9. The van der Waals surface area contributed by atoms with Crippen LogP contribution >= 0.6 is 11.6 Å². The van der Waals surface area contributed by atoms with Crippen LogP contribution < -0.4 is 9.62 Å². The van der Waals surface area contributed by atoms with Gasteiger partial charge in [0.25, 0.3) is 0 Å². The molecular formula is C21H27ClN2O3S. The third-order valence-corrected chi connectivity index (χ3v) is 5.90. The van der Waals surface area contributed by atoms with Crippen molar-refractivity contribution in [3.05, 3.63) is 64.2 Å². The molecule has 2 aromatic carbocycles. The van der Waals surface area contributed by atoms with Crippen molar-refractivity contribution >= 4 is 33.2 Å². The Morgan fingerprint density at radius 2 is 1.68 bits per heavy atom. The third-order valence-electron chi connectivity index (χ3n) is 4.40. The summed E-state index contributed by atoms with van der Waals surface area (Å²) in [5.41, 5.74) is 3.53. The molecule has 1 N–H and O–H groups in total. The molecule has 1 amide bonds. The number of benzene rings is 2. The van der Waals surface area contributed by atoms with Crippen LogP contribution in [-0.2, 0) is 21.2 Å². The van der Waals surface area contributed by atoms with E-state index in [1.54, 1.807) is 19.1 Å². The van der Waals surface area contributed by atoms with Gasteiger partial charge in [0.15, 0.2) is 0 Å². The van der Waals surface area contributed by atoms with E-state index in [-0.39, 0.29) is 5.91 Å². The predicted octanol–water partition coefficient (Wildman–Crippen LogP) is 3.86. The molecule has 0 aliphatic heterocycles. The Morgan fingerprint density at radius 3 is 2.21 bits per heavy atom. The van der Waals surface area contributed by atoms with Gasteiger partial charge in [0.1, 0.15) is 6.04 Å². The summed E-state index contributed by atoms with van der Waals surface area (Å²) in [5, 5.41) is 3.54. The molecule has 0 fully saturated rings. The number of anilines is 1. The molecule has 2 aromatic rings. The fourth-order valence-electron chi connectivity index (χ4n) is 3.19. The lowest BCUT2D eigenvalue weighted by atomic mass is 10.1. The lowest BCUT2D eigenvalue weighted by Crippen LogP contribution is -2.48. The van der Waals surface area contributed by atoms with Crippen LogP contribution in [0.25, 0.3) is 0 Å². The van der Waals surface area contributed by atoms with E-state index in [1.807, 2.05) is 44.2 Å². The first kappa shape index (κ1) is 22.2. The van der Waals surface area contributed by atoms with Crippen molar-refractivity contribution in [3.8, 4) is 0 Å². The van der Waals surface area contributed by atoms with Crippen LogP contribution in [0.2, 0.25) is 5.02 Å². The summed E-state index contributed by atoms with van der Waals surface area (Å²) in [7, 11) is -3.61. The lowest BCUT2D eigenvalue weighted by Gasteiger charge is -2.28. The fourth-order valence-corrected chi connectivity index (χ4v) is 4.47. The average molecular weight is 423 g/mol. The highest BCUT2D eigenvalue weighted by atomic mass is 35.5. The van der Waals surface area contributed by atoms with Crippen LogP contribution in [0.3, 0.4) is 0 Å². The van der Waals surface area contributed by atoms with Gasteiger partial charge in [0.05, 0.1) is 11.9 Å². The average Bonchev–Trinajstić information content (AvgIpc) is 2.58. The summed E-state index contributed by atoms with van der Waals surface area (Å²) in [4.78, 5) is 12.6. The normalized spacial score (nSPS) is 12.5. The first-order chi connectivity index (χ1) is 13.1. The smallest absolute Gasteiger partial charge is 0.243 e. The highest BCUT2D eigenvalue weighted by molar-refractivity contribution is 7.92. The third kappa shape index (κ3) is 6.24. The molecule has 0 spiro atoms. The number of rotatable bonds is 8. The van der Waals surface area contributed by atoms with E-state index >= 15 is 0 Å². The maximum absolute atomic E-state index is 12.6. The molecule has 1 atom stereocenters. The number of nitrogens with one attached hydrogen (secondary N) is 1. The number of carbonyl (C=O) groups is 1. The van der Waals surface area contributed by atoms with E-state index in [2.05, 4.69) is 5.32 Å². The lowest BCUT2D eigenvalue weighted by molar-refractivity contribution is -0.121. The number of aryl methyl sites for hydroxylation is 3. The van der Waals surface area contributed by atoms with Gasteiger partial charge >= 0.3 is 0 Å². The highest BCUT2D eigenvalue weighted by Crippen LogP contribution is 2.24. The van der Waals surface area contributed by atoms with Crippen molar-refractivity contribution in [2.45, 2.75) is 39.7 Å². The fraction of sp³-hybridized carbons (Fsp3) is 0.381. The van der Waals surface area contributed by atoms with Crippen molar-refractivity contribution in [2.24, 2.45) is 0 Å². The minimum atomic E-state index is -3.61. The Bertz CT molecular complexity index is 907. The van der Waals surface area contributed by atoms with Gasteiger partial charge in [-0.3, -0.25) is 9.10 Å². The largest absolute Gasteiger partial charge is 0.354 e. The summed E-state index contributed by atoms with van der Waals surface area (Å²) in [6.45, 7) is 5.88. The Kier molecular flexibility index (Phi) is 7.49. The number of hydrogen-bond donors (Lipinski definition) is 1. The van der Waals surface area contributed by atoms with Gasteiger partial charge in [0.2, 0.25) is 15.9 Å². The monoisotopic (exact) mass is 422 g/mol. The number of carbonyl (C=O) groups excluding carboxylic acids is 1. The van der Waals surface area contributed by atoms with Crippen LogP contribution in [0.5, 0.6) is 0 Å². The summed E-state index contributed by atoms with van der Waals surface area (Å²) in [6.07, 6.45) is 2.68. The van der Waals surface area contributed by atoms with E-state index in [9.17, 15) is 13.2 Å². The summed E-state index contributed by atoms with van der Waals surface area (Å²) in [5.74, 6) is -0.319. The second-order valence-corrected chi connectivity index (χ2v) is 9.40. The molecule has 0 bridgehead atoms. The van der Waals surface area contributed by atoms with Crippen LogP contribution in [0.4, 0.5) is 5.69 Å². The van der Waals surface area contributed by atoms with Crippen molar-refractivity contribution < 1.29 is 13.2 Å². The van der Waals surface area contributed by atoms with Gasteiger partial charge in [-0.15, -0.1) is 0 Å². The zero-order valence-electron chi connectivity index (χ0n) is 16.7. The number of amides is 1. The molecule has 0 aromatic heterocycles. The summed E-state index contributed by atoms with van der Waals surface area (Å²) >= 11 is 5.88. The molecule has 2 rings (SSSR count). The Labute approximate surface area is 172 Å². The molecule has 0 aliphatic rings. The van der Waals surface area contributed by atoms with Gasteiger partial charge < -0.3 is 5.32 Å². The molecule has 0 radical (unpaired) electrons. The van der Waals surface area contributed by atoms with Crippen molar-refractivity contribution in [1.29, 1.82) is 0 Å². The highest BCUT2D eigenvalue weighted by Gasteiger charge is 2.29. The van der Waals surface area contributed by atoms with E-state index in [4.69, 9.17) is 11.6 Å². The molecule has 7 heteroatoms. The Morgan fingerprint density at radius 1 is 1.11 bits per heavy atom. The number of halogens is 1. The van der Waals surface area contributed by atoms with Gasteiger partial charge in [-0.1, -0.05) is 29.8 Å². The van der Waals surface area contributed by atoms with E-state index in [0.717, 1.165) is 35.8 Å². The van der Waals surface area contributed by atoms with Gasteiger partial charge in [0, 0.05) is 11.6 Å². The van der Waals surface area contributed by atoms with E-state index in [1.165, 1.54) is 4.31 Å². The van der Waals surface area contributed by atoms with Gasteiger partial charge in [-0.05, 0) is 74.6 Å². The van der Waals surface area contributed by atoms with E-state index < -0.39 is 16.1 Å². The molecule has 28 heavy (non-hydrogen) atoms. The number of sulfonamides is 1. The maximum atomic E-state index is 12.6. The first-order valence-electron chi connectivity index (χ1n) is 9.18. The SMILES string of the molecule is Cc1cc(C)cc(N([C@@H](C)C(=O)NCCCc2ccc(Cl)cc2)S(C)(=O)=O)c1. The van der Waals surface area contributed by atoms with Gasteiger partial charge in [-0.2, -0.15) is 0 Å². The summed E-state index contributed by atoms with van der Waals surface area (Å²) in [6, 6.07) is 12.3. The molecule has 0 aliphatic carbocycles. The molecule has 0 saturated carbocycles.